The zero-order chi connectivity index (χ0) is 14.5. The van der Waals surface area contributed by atoms with E-state index >= 15 is 0 Å². The molecule has 0 aromatic heterocycles. The average molecular weight is 279 g/mol. The van der Waals surface area contributed by atoms with E-state index in [0.29, 0.717) is 19.8 Å². The Kier molecular flexibility index (Phi) is 3.97. The quantitative estimate of drug-likeness (QED) is 0.873. The second-order valence-electron chi connectivity index (χ2n) is 4.87. The average Bonchev–Trinajstić information content (AvgIpc) is 2.79. The van der Waals surface area contributed by atoms with Crippen LogP contribution < -0.4 is 14.8 Å². The first kappa shape index (κ1) is 13.4. The lowest BCUT2D eigenvalue weighted by atomic mass is 10.1. The highest BCUT2D eigenvalue weighted by Crippen LogP contribution is 2.33. The number of terminal acetylenes is 1. The molecule has 3 nitrogen and oxygen atoms in total. The van der Waals surface area contributed by atoms with E-state index in [0.717, 1.165) is 34.7 Å². The fourth-order valence-corrected chi connectivity index (χ4v) is 2.31. The highest BCUT2D eigenvalue weighted by molar-refractivity contribution is 5.52. The van der Waals surface area contributed by atoms with Crippen LogP contribution in [0.1, 0.15) is 17.5 Å². The molecule has 0 amide bonds. The number of para-hydroxylation sites is 1. The minimum absolute atomic E-state index is 0.667. The van der Waals surface area contributed by atoms with Crippen LogP contribution in [0.4, 0.5) is 5.69 Å². The van der Waals surface area contributed by atoms with Crippen molar-refractivity contribution in [2.45, 2.75) is 13.0 Å². The van der Waals surface area contributed by atoms with Crippen LogP contribution in [0.15, 0.2) is 42.5 Å². The van der Waals surface area contributed by atoms with Crippen molar-refractivity contribution in [3.05, 3.63) is 53.6 Å². The lowest BCUT2D eigenvalue weighted by molar-refractivity contribution is 0.296. The van der Waals surface area contributed by atoms with Gasteiger partial charge in [-0.05, 0) is 24.3 Å². The third-order valence-electron chi connectivity index (χ3n) is 3.37. The molecule has 1 heterocycles. The maximum atomic E-state index is 5.82. The van der Waals surface area contributed by atoms with E-state index in [9.17, 15) is 0 Å². The molecule has 2 aromatic rings. The molecule has 0 spiro atoms. The van der Waals surface area contributed by atoms with Crippen LogP contribution in [0.3, 0.4) is 0 Å². The Morgan fingerprint density at radius 2 is 1.95 bits per heavy atom. The number of hydrogen-bond acceptors (Lipinski definition) is 3. The van der Waals surface area contributed by atoms with Crippen LogP contribution in [0.25, 0.3) is 0 Å². The van der Waals surface area contributed by atoms with Gasteiger partial charge in [-0.15, -0.1) is 6.42 Å². The molecule has 2 aromatic carbocycles. The van der Waals surface area contributed by atoms with Crippen molar-refractivity contribution < 1.29 is 9.47 Å². The molecule has 0 saturated heterocycles. The third-order valence-corrected chi connectivity index (χ3v) is 3.37. The summed E-state index contributed by atoms with van der Waals surface area (Å²) in [7, 11) is 0. The van der Waals surface area contributed by atoms with Gasteiger partial charge >= 0.3 is 0 Å². The molecule has 0 unspecified atom stereocenters. The summed E-state index contributed by atoms with van der Waals surface area (Å²) < 4.78 is 11.5. The van der Waals surface area contributed by atoms with Crippen LogP contribution in [0, 0.1) is 12.3 Å². The summed E-state index contributed by atoms with van der Waals surface area (Å²) in [6.07, 6.45) is 6.33. The largest absolute Gasteiger partial charge is 0.490 e. The van der Waals surface area contributed by atoms with Gasteiger partial charge in [0.05, 0.1) is 13.2 Å². The summed E-state index contributed by atoms with van der Waals surface area (Å²) in [6, 6.07) is 13.8. The van der Waals surface area contributed by atoms with Gasteiger partial charge in [-0.3, -0.25) is 0 Å². The predicted octanol–water partition coefficient (Wildman–Crippen LogP) is 3.44. The van der Waals surface area contributed by atoms with Crippen LogP contribution in [0.2, 0.25) is 0 Å². The van der Waals surface area contributed by atoms with E-state index in [1.165, 1.54) is 0 Å². The Balaban J connectivity index is 1.77. The van der Waals surface area contributed by atoms with Crippen LogP contribution in [-0.2, 0) is 6.54 Å². The van der Waals surface area contributed by atoms with Crippen molar-refractivity contribution in [3.8, 4) is 23.8 Å². The molecule has 0 radical (unpaired) electrons. The Labute approximate surface area is 124 Å². The standard InChI is InChI=1S/C18H17NO2/c1-2-14-6-3-8-16(12-14)19-13-15-7-4-9-17-18(15)21-11-5-10-20-17/h1,3-4,6-9,12,19H,5,10-11,13H2. The van der Waals surface area contributed by atoms with Gasteiger partial charge in [0.2, 0.25) is 0 Å². The minimum atomic E-state index is 0.667. The number of anilines is 1. The van der Waals surface area contributed by atoms with Gasteiger partial charge in [0, 0.05) is 29.8 Å². The monoisotopic (exact) mass is 279 g/mol. The van der Waals surface area contributed by atoms with Gasteiger partial charge < -0.3 is 14.8 Å². The van der Waals surface area contributed by atoms with Crippen molar-refractivity contribution in [1.82, 2.24) is 0 Å². The zero-order valence-corrected chi connectivity index (χ0v) is 11.8. The van der Waals surface area contributed by atoms with Crippen molar-refractivity contribution in [1.29, 1.82) is 0 Å². The van der Waals surface area contributed by atoms with Crippen molar-refractivity contribution >= 4 is 5.69 Å². The summed E-state index contributed by atoms with van der Waals surface area (Å²) >= 11 is 0. The van der Waals surface area contributed by atoms with Crippen LogP contribution >= 0.6 is 0 Å². The molecule has 1 aliphatic heterocycles. The molecule has 1 N–H and O–H groups in total. The number of rotatable bonds is 3. The number of ether oxygens (including phenoxy) is 2. The summed E-state index contributed by atoms with van der Waals surface area (Å²) in [5.74, 6) is 4.31. The van der Waals surface area contributed by atoms with Crippen LogP contribution in [0.5, 0.6) is 11.5 Å². The first-order valence-corrected chi connectivity index (χ1v) is 7.05. The summed E-state index contributed by atoms with van der Waals surface area (Å²) in [4.78, 5) is 0. The van der Waals surface area contributed by atoms with Crippen molar-refractivity contribution in [2.24, 2.45) is 0 Å². The predicted molar refractivity (Wildman–Crippen MR) is 83.8 cm³/mol. The number of benzene rings is 2. The zero-order valence-electron chi connectivity index (χ0n) is 11.8. The summed E-state index contributed by atoms with van der Waals surface area (Å²) in [5.41, 5.74) is 2.95. The van der Waals surface area contributed by atoms with E-state index in [4.69, 9.17) is 15.9 Å². The highest BCUT2D eigenvalue weighted by Gasteiger charge is 2.14. The molecule has 3 heteroatoms. The maximum absolute atomic E-state index is 5.82. The van der Waals surface area contributed by atoms with Gasteiger partial charge in [0.1, 0.15) is 0 Å². The highest BCUT2D eigenvalue weighted by atomic mass is 16.5. The van der Waals surface area contributed by atoms with Crippen molar-refractivity contribution in [2.75, 3.05) is 18.5 Å². The van der Waals surface area contributed by atoms with Gasteiger partial charge in [0.15, 0.2) is 11.5 Å². The second kappa shape index (κ2) is 6.23. The first-order valence-electron chi connectivity index (χ1n) is 7.05. The Morgan fingerprint density at radius 1 is 1.10 bits per heavy atom. The number of nitrogens with one attached hydrogen (secondary N) is 1. The van der Waals surface area contributed by atoms with E-state index in [1.807, 2.05) is 42.5 Å². The molecule has 21 heavy (non-hydrogen) atoms. The molecule has 3 rings (SSSR count). The Bertz CT molecular complexity index is 673. The number of hydrogen-bond donors (Lipinski definition) is 1. The fourth-order valence-electron chi connectivity index (χ4n) is 2.31. The van der Waals surface area contributed by atoms with Gasteiger partial charge in [0.25, 0.3) is 0 Å². The third kappa shape index (κ3) is 3.11. The molecule has 0 fully saturated rings. The molecule has 0 aliphatic carbocycles. The second-order valence-corrected chi connectivity index (χ2v) is 4.87. The van der Waals surface area contributed by atoms with E-state index < -0.39 is 0 Å². The maximum Gasteiger partial charge on any atom is 0.166 e. The van der Waals surface area contributed by atoms with Gasteiger partial charge in [-0.25, -0.2) is 0 Å². The topological polar surface area (TPSA) is 30.5 Å². The van der Waals surface area contributed by atoms with Gasteiger partial charge in [-0.1, -0.05) is 24.1 Å². The lowest BCUT2D eigenvalue weighted by Gasteiger charge is -2.13. The van der Waals surface area contributed by atoms with E-state index in [2.05, 4.69) is 11.2 Å². The van der Waals surface area contributed by atoms with Gasteiger partial charge in [-0.2, -0.15) is 0 Å². The van der Waals surface area contributed by atoms with E-state index in [1.54, 1.807) is 0 Å². The summed E-state index contributed by atoms with van der Waals surface area (Å²) in [5, 5.41) is 3.38. The van der Waals surface area contributed by atoms with Crippen LogP contribution in [-0.4, -0.2) is 13.2 Å². The molecular weight excluding hydrogens is 262 g/mol. The minimum Gasteiger partial charge on any atom is -0.490 e. The normalized spacial score (nSPS) is 13.1. The molecule has 0 saturated carbocycles. The first-order chi connectivity index (χ1) is 10.4. The molecule has 0 bridgehead atoms. The van der Waals surface area contributed by atoms with Crippen molar-refractivity contribution in [3.63, 3.8) is 0 Å². The lowest BCUT2D eigenvalue weighted by Crippen LogP contribution is -2.03. The smallest absolute Gasteiger partial charge is 0.166 e. The molecule has 1 aliphatic rings. The Morgan fingerprint density at radius 3 is 2.86 bits per heavy atom. The van der Waals surface area contributed by atoms with E-state index in [-0.39, 0.29) is 0 Å². The fraction of sp³-hybridized carbons (Fsp3) is 0.222. The Hall–Kier alpha value is -2.60. The SMILES string of the molecule is C#Cc1cccc(NCc2cccc3c2OCCCO3)c1. The molecular formula is C18H17NO2. The molecule has 106 valence electrons. The molecule has 0 atom stereocenters. The summed E-state index contributed by atoms with van der Waals surface area (Å²) in [6.45, 7) is 2.06. The number of fused-ring (bicyclic) bond motifs is 1.